The Morgan fingerprint density at radius 2 is 1.86 bits per heavy atom. The van der Waals surface area contributed by atoms with Crippen LogP contribution < -0.4 is 10.6 Å². The number of urea groups is 1. The minimum Gasteiger partial charge on any atom is -0.331 e. The lowest BCUT2D eigenvalue weighted by Gasteiger charge is -2.13. The number of carbonyl (C=O) groups is 1. The van der Waals surface area contributed by atoms with E-state index in [1.54, 1.807) is 22.8 Å². The topological polar surface area (TPSA) is 71.8 Å². The molecule has 11 heteroatoms. The zero-order valence-electron chi connectivity index (χ0n) is 18.4. The highest BCUT2D eigenvalue weighted by atomic mass is 35.5. The molecule has 0 aliphatic heterocycles. The monoisotopic (exact) mass is 533 g/mol. The first kappa shape index (κ1) is 25.0. The molecule has 0 aliphatic carbocycles. The fourth-order valence-corrected chi connectivity index (χ4v) is 4.65. The summed E-state index contributed by atoms with van der Waals surface area (Å²) in [5.74, 6) is -0.600. The predicted octanol–water partition coefficient (Wildman–Crippen LogP) is 6.77. The van der Waals surface area contributed by atoms with Crippen molar-refractivity contribution in [3.63, 3.8) is 0 Å². The molecule has 0 fully saturated rings. The van der Waals surface area contributed by atoms with Crippen molar-refractivity contribution < 1.29 is 13.6 Å². The number of nitrogens with one attached hydrogen (secondary N) is 2. The molecule has 4 aromatic rings. The average Bonchev–Trinajstić information content (AvgIpc) is 3.23. The first-order chi connectivity index (χ1) is 16.8. The Balaban J connectivity index is 1.57. The van der Waals surface area contributed by atoms with Crippen molar-refractivity contribution in [2.75, 3.05) is 5.32 Å². The molecule has 0 saturated carbocycles. The largest absolute Gasteiger partial charge is 0.331 e. The Kier molecular flexibility index (Phi) is 7.90. The van der Waals surface area contributed by atoms with Gasteiger partial charge in [-0.05, 0) is 48.4 Å². The molecule has 1 aromatic heterocycles. The van der Waals surface area contributed by atoms with Gasteiger partial charge in [0, 0.05) is 16.8 Å². The van der Waals surface area contributed by atoms with Crippen LogP contribution in [0.25, 0.3) is 5.69 Å². The third-order valence-corrected chi connectivity index (χ3v) is 6.59. The number of anilines is 1. The maximum absolute atomic E-state index is 13.9. The van der Waals surface area contributed by atoms with Crippen LogP contribution in [0.15, 0.2) is 65.8 Å². The van der Waals surface area contributed by atoms with E-state index in [0.717, 1.165) is 23.3 Å². The van der Waals surface area contributed by atoms with Crippen LogP contribution in [0, 0.1) is 18.6 Å². The summed E-state index contributed by atoms with van der Waals surface area (Å²) in [6.07, 6.45) is 0. The van der Waals surface area contributed by atoms with Crippen molar-refractivity contribution in [1.29, 1.82) is 0 Å². The molecular weight excluding hydrogens is 515 g/mol. The highest BCUT2D eigenvalue weighted by Crippen LogP contribution is 2.31. The Labute approximate surface area is 214 Å². The normalized spacial score (nSPS) is 10.9. The number of halogens is 4. The molecule has 0 unspecified atom stereocenters. The number of aryl methyl sites for hydroxylation is 1. The molecule has 2 N–H and O–H groups in total. The van der Waals surface area contributed by atoms with Gasteiger partial charge in [0.15, 0.2) is 11.0 Å². The second kappa shape index (κ2) is 11.1. The molecule has 0 radical (unpaired) electrons. The summed E-state index contributed by atoms with van der Waals surface area (Å²) >= 11 is 14.1. The van der Waals surface area contributed by atoms with Crippen LogP contribution in [0.1, 0.15) is 17.0 Å². The van der Waals surface area contributed by atoms with E-state index >= 15 is 0 Å². The maximum atomic E-state index is 13.9. The standard InChI is InChI=1S/C24H19Cl2F2N5OS/c1-14-4-2-3-5-15(14)13-35-24-32-31-22(33(24)21-10-16(25)6-8-18(21)26)12-29-23(34)30-20-9-7-17(27)11-19(20)28/h2-11H,12-13H2,1H3,(H2,29,30,34). The number of carbonyl (C=O) groups excluding carboxylic acids is 1. The fraction of sp³-hybridized carbons (Fsp3) is 0.125. The fourth-order valence-electron chi connectivity index (χ4n) is 3.24. The number of aromatic nitrogens is 3. The zero-order valence-corrected chi connectivity index (χ0v) is 20.7. The Bertz CT molecular complexity index is 1380. The molecule has 6 nitrogen and oxygen atoms in total. The number of amides is 2. The van der Waals surface area contributed by atoms with Gasteiger partial charge in [-0.25, -0.2) is 13.6 Å². The summed E-state index contributed by atoms with van der Waals surface area (Å²) in [6.45, 7) is 1.99. The van der Waals surface area contributed by atoms with E-state index in [9.17, 15) is 13.6 Å². The van der Waals surface area contributed by atoms with E-state index in [1.165, 1.54) is 11.8 Å². The van der Waals surface area contributed by atoms with Gasteiger partial charge in [-0.3, -0.25) is 4.57 Å². The third kappa shape index (κ3) is 6.11. The van der Waals surface area contributed by atoms with Crippen molar-refractivity contribution in [3.05, 3.63) is 99.3 Å². The Morgan fingerprint density at radius 3 is 2.63 bits per heavy atom. The van der Waals surface area contributed by atoms with Crippen LogP contribution in [-0.4, -0.2) is 20.8 Å². The molecule has 0 atom stereocenters. The number of rotatable bonds is 7. The molecule has 2 amide bonds. The maximum Gasteiger partial charge on any atom is 0.319 e. The van der Waals surface area contributed by atoms with E-state index in [0.29, 0.717) is 38.5 Å². The summed E-state index contributed by atoms with van der Waals surface area (Å²) in [5.41, 5.74) is 2.69. The summed E-state index contributed by atoms with van der Waals surface area (Å²) in [6, 6.07) is 15.2. The number of benzene rings is 3. The average molecular weight is 534 g/mol. The van der Waals surface area contributed by atoms with E-state index in [4.69, 9.17) is 23.2 Å². The van der Waals surface area contributed by atoms with Crippen LogP contribution in [0.3, 0.4) is 0 Å². The molecule has 3 aromatic carbocycles. The first-order valence-corrected chi connectivity index (χ1v) is 12.1. The number of hydrogen-bond donors (Lipinski definition) is 2. The molecule has 35 heavy (non-hydrogen) atoms. The summed E-state index contributed by atoms with van der Waals surface area (Å²) in [7, 11) is 0. The van der Waals surface area contributed by atoms with Gasteiger partial charge < -0.3 is 10.6 Å². The molecule has 0 aliphatic rings. The SMILES string of the molecule is Cc1ccccc1CSc1nnc(CNC(=O)Nc2ccc(F)cc2F)n1-c1cc(Cl)ccc1Cl. The van der Waals surface area contributed by atoms with Gasteiger partial charge in [0.2, 0.25) is 0 Å². The zero-order chi connectivity index (χ0) is 24.9. The van der Waals surface area contributed by atoms with Gasteiger partial charge in [0.05, 0.1) is 22.9 Å². The van der Waals surface area contributed by atoms with Crippen molar-refractivity contribution in [2.24, 2.45) is 0 Å². The van der Waals surface area contributed by atoms with Gasteiger partial charge in [0.25, 0.3) is 0 Å². The Morgan fingerprint density at radius 1 is 1.06 bits per heavy atom. The second-order valence-corrected chi connectivity index (χ2v) is 9.26. The van der Waals surface area contributed by atoms with Crippen molar-refractivity contribution in [3.8, 4) is 5.69 Å². The van der Waals surface area contributed by atoms with Crippen LogP contribution in [0.2, 0.25) is 10.0 Å². The Hall–Kier alpha value is -3.14. The molecule has 4 rings (SSSR count). The van der Waals surface area contributed by atoms with E-state index < -0.39 is 17.7 Å². The van der Waals surface area contributed by atoms with Gasteiger partial charge >= 0.3 is 6.03 Å². The molecule has 0 bridgehead atoms. The predicted molar refractivity (Wildman–Crippen MR) is 134 cm³/mol. The van der Waals surface area contributed by atoms with Gasteiger partial charge in [-0.2, -0.15) is 0 Å². The third-order valence-electron chi connectivity index (χ3n) is 5.05. The van der Waals surface area contributed by atoms with E-state index in [-0.39, 0.29) is 12.2 Å². The van der Waals surface area contributed by atoms with Crippen LogP contribution >= 0.6 is 35.0 Å². The molecule has 0 spiro atoms. The first-order valence-electron chi connectivity index (χ1n) is 10.4. The van der Waals surface area contributed by atoms with Crippen LogP contribution in [-0.2, 0) is 12.3 Å². The molecule has 0 saturated heterocycles. The second-order valence-electron chi connectivity index (χ2n) is 7.48. The highest BCUT2D eigenvalue weighted by Gasteiger charge is 2.18. The summed E-state index contributed by atoms with van der Waals surface area (Å²) < 4.78 is 28.7. The van der Waals surface area contributed by atoms with E-state index in [2.05, 4.69) is 20.8 Å². The van der Waals surface area contributed by atoms with Crippen molar-refractivity contribution >= 4 is 46.7 Å². The van der Waals surface area contributed by atoms with Gasteiger partial charge in [0.1, 0.15) is 11.6 Å². The number of thioether (sulfide) groups is 1. The van der Waals surface area contributed by atoms with Gasteiger partial charge in [-0.15, -0.1) is 10.2 Å². The number of hydrogen-bond acceptors (Lipinski definition) is 4. The van der Waals surface area contributed by atoms with Crippen molar-refractivity contribution in [1.82, 2.24) is 20.1 Å². The molecular formula is C24H19Cl2F2N5OS. The van der Waals surface area contributed by atoms with Crippen LogP contribution in [0.4, 0.5) is 19.3 Å². The quantitative estimate of drug-likeness (QED) is 0.257. The van der Waals surface area contributed by atoms with Crippen LogP contribution in [0.5, 0.6) is 0 Å². The summed E-state index contributed by atoms with van der Waals surface area (Å²) in [5, 5.41) is 14.9. The minimum absolute atomic E-state index is 0.0462. The lowest BCUT2D eigenvalue weighted by molar-refractivity contribution is 0.251. The lowest BCUT2D eigenvalue weighted by Crippen LogP contribution is -2.29. The number of nitrogens with zero attached hydrogens (tertiary/aromatic N) is 3. The smallest absolute Gasteiger partial charge is 0.319 e. The lowest BCUT2D eigenvalue weighted by atomic mass is 10.1. The minimum atomic E-state index is -0.885. The van der Waals surface area contributed by atoms with Crippen molar-refractivity contribution in [2.45, 2.75) is 24.4 Å². The highest BCUT2D eigenvalue weighted by molar-refractivity contribution is 7.98. The van der Waals surface area contributed by atoms with E-state index in [1.807, 2.05) is 31.2 Å². The van der Waals surface area contributed by atoms with Gasteiger partial charge in [-0.1, -0.05) is 59.2 Å². The molecule has 1 heterocycles. The molecule has 180 valence electrons. The summed E-state index contributed by atoms with van der Waals surface area (Å²) in [4.78, 5) is 12.4.